The van der Waals surface area contributed by atoms with Crippen LogP contribution in [0.1, 0.15) is 22.8 Å². The Balaban J connectivity index is 2.17. The maximum atomic E-state index is 12.0. The van der Waals surface area contributed by atoms with Crippen LogP contribution >= 0.6 is 11.6 Å². The number of methoxy groups -OCH3 is 1. The fraction of sp³-hybridized carbons (Fsp3) is 0.125. The van der Waals surface area contributed by atoms with Crippen LogP contribution in [-0.4, -0.2) is 18.7 Å². The molecule has 0 fully saturated rings. The van der Waals surface area contributed by atoms with Gasteiger partial charge in [-0.05, 0) is 49.4 Å². The third kappa shape index (κ3) is 3.77. The number of hydrazone groups is 1. The molecule has 114 valence electrons. The number of benzene rings is 2. The normalized spacial score (nSPS) is 11.1. The lowest BCUT2D eigenvalue weighted by molar-refractivity contribution is 0.0955. The summed E-state index contributed by atoms with van der Waals surface area (Å²) in [7, 11) is 1.56. The molecule has 3 N–H and O–H groups in total. The van der Waals surface area contributed by atoms with Crippen molar-refractivity contribution in [1.29, 1.82) is 0 Å². The van der Waals surface area contributed by atoms with Crippen LogP contribution < -0.4 is 15.9 Å². The number of rotatable bonds is 4. The number of ether oxygens (including phenoxy) is 1. The van der Waals surface area contributed by atoms with E-state index in [-0.39, 0.29) is 5.91 Å². The van der Waals surface area contributed by atoms with Gasteiger partial charge in [-0.1, -0.05) is 11.6 Å². The van der Waals surface area contributed by atoms with Gasteiger partial charge in [0, 0.05) is 21.8 Å². The first kappa shape index (κ1) is 15.9. The number of carbonyl (C=O) groups excluding carboxylic acids is 1. The van der Waals surface area contributed by atoms with Crippen molar-refractivity contribution in [3.05, 3.63) is 58.6 Å². The third-order valence-electron chi connectivity index (χ3n) is 3.05. The van der Waals surface area contributed by atoms with E-state index in [1.165, 1.54) is 0 Å². The summed E-state index contributed by atoms with van der Waals surface area (Å²) in [5.41, 5.74) is 10.5. The fourth-order valence-corrected chi connectivity index (χ4v) is 2.03. The van der Waals surface area contributed by atoms with Crippen LogP contribution in [0.5, 0.6) is 5.75 Å². The minimum atomic E-state index is -0.319. The highest BCUT2D eigenvalue weighted by Gasteiger charge is 2.09. The van der Waals surface area contributed by atoms with Crippen LogP contribution in [0, 0.1) is 0 Å². The van der Waals surface area contributed by atoms with E-state index in [1.54, 1.807) is 56.5 Å². The first-order valence-corrected chi connectivity index (χ1v) is 6.93. The maximum absolute atomic E-state index is 12.0. The lowest BCUT2D eigenvalue weighted by atomic mass is 10.1. The van der Waals surface area contributed by atoms with E-state index >= 15 is 0 Å². The molecule has 0 heterocycles. The van der Waals surface area contributed by atoms with Crippen molar-refractivity contribution in [3.8, 4) is 5.75 Å². The van der Waals surface area contributed by atoms with Crippen LogP contribution in [-0.2, 0) is 0 Å². The quantitative estimate of drug-likeness (QED) is 0.517. The monoisotopic (exact) mass is 317 g/mol. The number of carbonyl (C=O) groups is 1. The number of nitrogen functional groups attached to an aromatic ring is 1. The summed E-state index contributed by atoms with van der Waals surface area (Å²) < 4.78 is 5.26. The van der Waals surface area contributed by atoms with Crippen LogP contribution in [0.25, 0.3) is 0 Å². The van der Waals surface area contributed by atoms with Crippen molar-refractivity contribution in [2.24, 2.45) is 5.10 Å². The second-order valence-corrected chi connectivity index (χ2v) is 5.04. The molecule has 2 rings (SSSR count). The van der Waals surface area contributed by atoms with Crippen LogP contribution in [0.4, 0.5) is 5.69 Å². The molecule has 5 nitrogen and oxygen atoms in total. The van der Waals surface area contributed by atoms with Crippen LogP contribution in [0.15, 0.2) is 47.6 Å². The number of halogens is 1. The molecule has 0 spiro atoms. The first-order valence-electron chi connectivity index (χ1n) is 6.55. The minimum absolute atomic E-state index is 0.319. The highest BCUT2D eigenvalue weighted by Crippen LogP contribution is 2.23. The van der Waals surface area contributed by atoms with Gasteiger partial charge in [-0.15, -0.1) is 0 Å². The predicted molar refractivity (Wildman–Crippen MR) is 88.5 cm³/mol. The van der Waals surface area contributed by atoms with E-state index in [4.69, 9.17) is 22.1 Å². The average Bonchev–Trinajstić information content (AvgIpc) is 2.53. The summed E-state index contributed by atoms with van der Waals surface area (Å²) in [4.78, 5) is 12.0. The van der Waals surface area contributed by atoms with Gasteiger partial charge < -0.3 is 10.5 Å². The Kier molecular flexibility index (Phi) is 5.01. The zero-order chi connectivity index (χ0) is 16.1. The van der Waals surface area contributed by atoms with Crippen LogP contribution in [0.3, 0.4) is 0 Å². The van der Waals surface area contributed by atoms with Crippen LogP contribution in [0.2, 0.25) is 5.02 Å². The largest absolute Gasteiger partial charge is 0.496 e. The van der Waals surface area contributed by atoms with Crippen molar-refractivity contribution in [1.82, 2.24) is 5.43 Å². The van der Waals surface area contributed by atoms with Crippen molar-refractivity contribution in [3.63, 3.8) is 0 Å². The van der Waals surface area contributed by atoms with E-state index in [9.17, 15) is 4.79 Å². The molecular formula is C16H16ClN3O2. The average molecular weight is 318 g/mol. The number of nitrogens with two attached hydrogens (primary N) is 1. The molecule has 0 aromatic heterocycles. The summed E-state index contributed by atoms with van der Waals surface area (Å²) in [6.45, 7) is 1.76. The predicted octanol–water partition coefficient (Wildman–Crippen LogP) is 3.08. The van der Waals surface area contributed by atoms with E-state index in [2.05, 4.69) is 10.5 Å². The fourth-order valence-electron chi connectivity index (χ4n) is 1.86. The molecule has 0 aliphatic heterocycles. The van der Waals surface area contributed by atoms with Gasteiger partial charge in [-0.25, -0.2) is 5.43 Å². The molecule has 0 saturated carbocycles. The molecule has 2 aromatic rings. The molecule has 22 heavy (non-hydrogen) atoms. The zero-order valence-corrected chi connectivity index (χ0v) is 13.0. The molecule has 0 saturated heterocycles. The lowest BCUT2D eigenvalue weighted by Gasteiger charge is -2.09. The van der Waals surface area contributed by atoms with E-state index in [0.717, 1.165) is 0 Å². The Labute approximate surface area is 133 Å². The van der Waals surface area contributed by atoms with Gasteiger partial charge in [-0.3, -0.25) is 4.79 Å². The molecule has 0 atom stereocenters. The number of hydrogen-bond acceptors (Lipinski definition) is 4. The smallest absolute Gasteiger partial charge is 0.271 e. The number of amides is 1. The number of anilines is 1. The molecule has 0 radical (unpaired) electrons. The molecule has 0 aliphatic carbocycles. The van der Waals surface area contributed by atoms with E-state index in [1.807, 2.05) is 0 Å². The molecule has 1 amide bonds. The molecule has 6 heteroatoms. The summed E-state index contributed by atoms with van der Waals surface area (Å²) in [6, 6.07) is 11.8. The Bertz CT molecular complexity index is 712. The van der Waals surface area contributed by atoms with Crippen molar-refractivity contribution < 1.29 is 9.53 Å². The summed E-state index contributed by atoms with van der Waals surface area (Å²) in [6.07, 6.45) is 0. The first-order chi connectivity index (χ1) is 10.5. The molecule has 2 aromatic carbocycles. The molecular weight excluding hydrogens is 302 g/mol. The zero-order valence-electron chi connectivity index (χ0n) is 12.3. The highest BCUT2D eigenvalue weighted by atomic mass is 35.5. The van der Waals surface area contributed by atoms with Gasteiger partial charge in [0.25, 0.3) is 5.91 Å². The maximum Gasteiger partial charge on any atom is 0.271 e. The molecule has 0 aliphatic rings. The second kappa shape index (κ2) is 6.95. The summed E-state index contributed by atoms with van der Waals surface area (Å²) in [5, 5.41) is 4.66. The van der Waals surface area contributed by atoms with Crippen molar-refractivity contribution in [2.75, 3.05) is 12.8 Å². The minimum Gasteiger partial charge on any atom is -0.496 e. The number of nitrogens with zero attached hydrogens (tertiary/aromatic N) is 1. The van der Waals surface area contributed by atoms with Gasteiger partial charge in [-0.2, -0.15) is 5.10 Å². The topological polar surface area (TPSA) is 76.7 Å². The SMILES string of the molecule is COc1ccc(Cl)cc1/C(C)=N\NC(=O)c1ccc(N)cc1. The van der Waals surface area contributed by atoms with Gasteiger partial charge in [0.05, 0.1) is 12.8 Å². The van der Waals surface area contributed by atoms with Gasteiger partial charge in [0.2, 0.25) is 0 Å². The summed E-state index contributed by atoms with van der Waals surface area (Å²) in [5.74, 6) is 0.313. The Morgan fingerprint density at radius 1 is 1.23 bits per heavy atom. The van der Waals surface area contributed by atoms with Crippen molar-refractivity contribution in [2.45, 2.75) is 6.92 Å². The van der Waals surface area contributed by atoms with Gasteiger partial charge in [0.1, 0.15) is 5.75 Å². The Morgan fingerprint density at radius 3 is 2.55 bits per heavy atom. The number of hydrogen-bond donors (Lipinski definition) is 2. The molecule has 0 unspecified atom stereocenters. The highest BCUT2D eigenvalue weighted by molar-refractivity contribution is 6.31. The number of nitrogens with one attached hydrogen (secondary N) is 1. The van der Waals surface area contributed by atoms with Crippen molar-refractivity contribution >= 4 is 28.9 Å². The molecule has 0 bridgehead atoms. The standard InChI is InChI=1S/C16H16ClN3O2/c1-10(14-9-12(17)5-8-15(14)22-2)19-20-16(21)11-3-6-13(18)7-4-11/h3-9H,18H2,1-2H3,(H,20,21)/b19-10-. The Hall–Kier alpha value is -2.53. The van der Waals surface area contributed by atoms with E-state index < -0.39 is 0 Å². The Morgan fingerprint density at radius 2 is 1.91 bits per heavy atom. The summed E-state index contributed by atoms with van der Waals surface area (Å²) >= 11 is 5.98. The third-order valence-corrected chi connectivity index (χ3v) is 3.28. The second-order valence-electron chi connectivity index (χ2n) is 4.60. The lowest BCUT2D eigenvalue weighted by Crippen LogP contribution is -2.19. The van der Waals surface area contributed by atoms with E-state index in [0.29, 0.717) is 33.3 Å². The van der Waals surface area contributed by atoms with Gasteiger partial charge in [0.15, 0.2) is 0 Å². The van der Waals surface area contributed by atoms with Gasteiger partial charge >= 0.3 is 0 Å².